The number of aromatic amines is 2. The van der Waals surface area contributed by atoms with Crippen molar-refractivity contribution in [1.82, 2.24) is 15.3 Å². The summed E-state index contributed by atoms with van der Waals surface area (Å²) in [7, 11) is 0. The molecule has 0 radical (unpaired) electrons. The highest BCUT2D eigenvalue weighted by atomic mass is 32.1. The molecule has 0 aliphatic heterocycles. The van der Waals surface area contributed by atoms with Gasteiger partial charge in [-0.3, -0.25) is 14.6 Å². The van der Waals surface area contributed by atoms with Gasteiger partial charge >= 0.3 is 0 Å². The fourth-order valence-corrected chi connectivity index (χ4v) is 1.78. The van der Waals surface area contributed by atoms with Crippen molar-refractivity contribution in [3.8, 4) is 0 Å². The van der Waals surface area contributed by atoms with Gasteiger partial charge < -0.3 is 10.3 Å². The van der Waals surface area contributed by atoms with Gasteiger partial charge in [0, 0.05) is 12.1 Å². The second-order valence-corrected chi connectivity index (χ2v) is 3.94. The van der Waals surface area contributed by atoms with Crippen molar-refractivity contribution in [2.45, 2.75) is 6.92 Å². The number of hydrogen-bond donors (Lipinski definition) is 3. The van der Waals surface area contributed by atoms with Crippen LogP contribution in [-0.4, -0.2) is 22.4 Å². The van der Waals surface area contributed by atoms with Crippen LogP contribution in [0.2, 0.25) is 0 Å². The summed E-state index contributed by atoms with van der Waals surface area (Å²) in [5.41, 5.74) is 0.796. The monoisotopic (exact) mass is 249 g/mol. The summed E-state index contributed by atoms with van der Waals surface area (Å²) >= 11 is 4.88. The van der Waals surface area contributed by atoms with Crippen LogP contribution in [0.3, 0.4) is 0 Å². The molecule has 5 nitrogen and oxygen atoms in total. The van der Waals surface area contributed by atoms with Crippen LogP contribution < -0.4 is 10.9 Å². The van der Waals surface area contributed by atoms with Crippen molar-refractivity contribution in [3.05, 3.63) is 38.9 Å². The predicted molar refractivity (Wildman–Crippen MR) is 67.8 cm³/mol. The summed E-state index contributed by atoms with van der Waals surface area (Å²) in [6.45, 7) is 2.40. The molecular formula is C11H11N3O2S. The molecule has 3 N–H and O–H groups in total. The van der Waals surface area contributed by atoms with Crippen LogP contribution in [0.4, 0.5) is 0 Å². The number of fused-ring (bicyclic) bond motifs is 1. The molecule has 17 heavy (non-hydrogen) atoms. The molecule has 0 aliphatic rings. The molecule has 0 saturated heterocycles. The molecule has 1 amide bonds. The van der Waals surface area contributed by atoms with Crippen molar-refractivity contribution in [1.29, 1.82) is 0 Å². The number of rotatable bonds is 2. The van der Waals surface area contributed by atoms with Gasteiger partial charge in [0.25, 0.3) is 11.5 Å². The van der Waals surface area contributed by atoms with E-state index in [2.05, 4.69) is 15.3 Å². The molecule has 0 atom stereocenters. The predicted octanol–water partition coefficient (Wildman–Crippen LogP) is 1.34. The maximum atomic E-state index is 11.6. The maximum absolute atomic E-state index is 11.6. The van der Waals surface area contributed by atoms with Gasteiger partial charge in [-0.25, -0.2) is 0 Å². The zero-order chi connectivity index (χ0) is 12.4. The molecule has 6 heteroatoms. The molecule has 0 aliphatic carbocycles. The Hall–Kier alpha value is -1.95. The van der Waals surface area contributed by atoms with E-state index in [1.807, 2.05) is 6.92 Å². The maximum Gasteiger partial charge on any atom is 0.259 e. The zero-order valence-electron chi connectivity index (χ0n) is 9.16. The third-order valence-corrected chi connectivity index (χ3v) is 2.54. The number of carbonyl (C=O) groups excluding carboxylic acids is 1. The molecule has 1 aromatic heterocycles. The van der Waals surface area contributed by atoms with E-state index in [0.29, 0.717) is 23.0 Å². The van der Waals surface area contributed by atoms with Gasteiger partial charge in [0.15, 0.2) is 4.77 Å². The molecule has 1 aromatic carbocycles. The average Bonchev–Trinajstić information content (AvgIpc) is 2.28. The quantitative estimate of drug-likeness (QED) is 0.703. The summed E-state index contributed by atoms with van der Waals surface area (Å²) in [6, 6.07) is 4.83. The fraction of sp³-hybridized carbons (Fsp3) is 0.182. The van der Waals surface area contributed by atoms with E-state index in [-0.39, 0.29) is 16.2 Å². The third-order valence-electron chi connectivity index (χ3n) is 2.34. The molecule has 0 spiro atoms. The van der Waals surface area contributed by atoms with Crippen molar-refractivity contribution in [3.63, 3.8) is 0 Å². The number of aromatic nitrogens is 2. The van der Waals surface area contributed by atoms with E-state index in [0.717, 1.165) is 0 Å². The summed E-state index contributed by atoms with van der Waals surface area (Å²) < 4.78 is 0.246. The highest BCUT2D eigenvalue weighted by Gasteiger charge is 2.06. The molecule has 0 fully saturated rings. The van der Waals surface area contributed by atoms with Crippen molar-refractivity contribution >= 4 is 29.0 Å². The normalized spacial score (nSPS) is 10.4. The largest absolute Gasteiger partial charge is 0.352 e. The van der Waals surface area contributed by atoms with Crippen LogP contribution in [0.15, 0.2) is 23.0 Å². The molecule has 88 valence electrons. The summed E-state index contributed by atoms with van der Waals surface area (Å²) in [6.07, 6.45) is 0. The van der Waals surface area contributed by atoms with E-state index < -0.39 is 0 Å². The second-order valence-electron chi connectivity index (χ2n) is 3.53. The minimum atomic E-state index is -0.258. The number of hydrogen-bond acceptors (Lipinski definition) is 3. The minimum absolute atomic E-state index is 0.172. The van der Waals surface area contributed by atoms with Gasteiger partial charge in [-0.15, -0.1) is 0 Å². The van der Waals surface area contributed by atoms with Crippen LogP contribution >= 0.6 is 12.2 Å². The van der Waals surface area contributed by atoms with Gasteiger partial charge in [0.05, 0.1) is 10.9 Å². The smallest absolute Gasteiger partial charge is 0.259 e. The summed E-state index contributed by atoms with van der Waals surface area (Å²) in [4.78, 5) is 28.5. The Labute approximate surface area is 102 Å². The molecular weight excluding hydrogens is 238 g/mol. The fourth-order valence-electron chi connectivity index (χ4n) is 1.57. The Morgan fingerprint density at radius 3 is 2.88 bits per heavy atom. The zero-order valence-corrected chi connectivity index (χ0v) is 9.98. The molecule has 2 aromatic rings. The third kappa shape index (κ3) is 2.26. The van der Waals surface area contributed by atoms with Crippen LogP contribution in [0.5, 0.6) is 0 Å². The Bertz CT molecular complexity index is 687. The van der Waals surface area contributed by atoms with Gasteiger partial charge in [-0.2, -0.15) is 0 Å². The first-order chi connectivity index (χ1) is 8.11. The first kappa shape index (κ1) is 11.5. The lowest BCUT2D eigenvalue weighted by molar-refractivity contribution is 0.0956. The van der Waals surface area contributed by atoms with Crippen molar-refractivity contribution in [2.24, 2.45) is 0 Å². The van der Waals surface area contributed by atoms with Crippen LogP contribution in [0.25, 0.3) is 10.9 Å². The molecule has 0 unspecified atom stereocenters. The lowest BCUT2D eigenvalue weighted by atomic mass is 10.1. The number of H-pyrrole nitrogens is 2. The van der Waals surface area contributed by atoms with Crippen LogP contribution in [-0.2, 0) is 0 Å². The Balaban J connectivity index is 2.62. The van der Waals surface area contributed by atoms with E-state index in [9.17, 15) is 9.59 Å². The van der Waals surface area contributed by atoms with Crippen LogP contribution in [0.1, 0.15) is 17.3 Å². The average molecular weight is 249 g/mol. The lowest BCUT2D eigenvalue weighted by Crippen LogP contribution is -2.22. The number of carbonyl (C=O) groups is 1. The highest BCUT2D eigenvalue weighted by molar-refractivity contribution is 7.71. The lowest BCUT2D eigenvalue weighted by Gasteiger charge is -2.03. The van der Waals surface area contributed by atoms with E-state index in [1.54, 1.807) is 18.2 Å². The topological polar surface area (TPSA) is 77.8 Å². The number of benzene rings is 1. The van der Waals surface area contributed by atoms with Gasteiger partial charge in [0.2, 0.25) is 0 Å². The Kier molecular flexibility index (Phi) is 3.06. The SMILES string of the molecule is CCNC(=O)c1ccc2c(=O)[nH]c(=S)[nH]c2c1. The van der Waals surface area contributed by atoms with E-state index in [1.165, 1.54) is 0 Å². The Morgan fingerprint density at radius 2 is 2.18 bits per heavy atom. The summed E-state index contributed by atoms with van der Waals surface area (Å²) in [5.74, 6) is -0.172. The summed E-state index contributed by atoms with van der Waals surface area (Å²) in [5, 5.41) is 3.17. The number of amides is 1. The first-order valence-corrected chi connectivity index (χ1v) is 5.57. The molecule has 0 saturated carbocycles. The highest BCUT2D eigenvalue weighted by Crippen LogP contribution is 2.09. The van der Waals surface area contributed by atoms with Crippen molar-refractivity contribution < 1.29 is 4.79 Å². The number of nitrogens with one attached hydrogen (secondary N) is 3. The first-order valence-electron chi connectivity index (χ1n) is 5.16. The molecule has 1 heterocycles. The van der Waals surface area contributed by atoms with Gasteiger partial charge in [-0.05, 0) is 37.3 Å². The van der Waals surface area contributed by atoms with Gasteiger partial charge in [-0.1, -0.05) is 0 Å². The standard InChI is InChI=1S/C11H11N3O2S/c1-2-12-9(15)6-3-4-7-8(5-6)13-11(17)14-10(7)16/h3-5H,2H2,1H3,(H,12,15)(H2,13,14,16,17). The van der Waals surface area contributed by atoms with Crippen molar-refractivity contribution in [2.75, 3.05) is 6.54 Å². The minimum Gasteiger partial charge on any atom is -0.352 e. The second kappa shape index (κ2) is 4.50. The molecule has 2 rings (SSSR count). The van der Waals surface area contributed by atoms with E-state index in [4.69, 9.17) is 12.2 Å². The van der Waals surface area contributed by atoms with Crippen LogP contribution in [0, 0.1) is 4.77 Å². The van der Waals surface area contributed by atoms with Gasteiger partial charge in [0.1, 0.15) is 0 Å². The Morgan fingerprint density at radius 1 is 1.41 bits per heavy atom. The molecule has 0 bridgehead atoms. The van der Waals surface area contributed by atoms with E-state index >= 15 is 0 Å².